The number of ether oxygens (including phenoxy) is 1. The zero-order valence-corrected chi connectivity index (χ0v) is 7.19. The fourth-order valence-corrected chi connectivity index (χ4v) is 1.57. The van der Waals surface area contributed by atoms with Crippen LogP contribution in [0.15, 0.2) is 12.2 Å². The van der Waals surface area contributed by atoms with E-state index >= 15 is 0 Å². The molecular weight excluding hydrogens is 156 g/mol. The minimum Gasteiger partial charge on any atom is -0.481 e. The molecule has 1 aliphatic carbocycles. The van der Waals surface area contributed by atoms with E-state index in [9.17, 15) is 4.79 Å². The van der Waals surface area contributed by atoms with E-state index in [0.29, 0.717) is 13.0 Å². The second-order valence-corrected chi connectivity index (χ2v) is 3.10. The van der Waals surface area contributed by atoms with Gasteiger partial charge in [-0.3, -0.25) is 4.79 Å². The molecule has 0 aromatic rings. The maximum Gasteiger partial charge on any atom is 0.307 e. The molecule has 3 heteroatoms. The van der Waals surface area contributed by atoms with Gasteiger partial charge < -0.3 is 9.84 Å². The van der Waals surface area contributed by atoms with Crippen LogP contribution in [0.1, 0.15) is 12.8 Å². The van der Waals surface area contributed by atoms with Gasteiger partial charge in [-0.1, -0.05) is 12.2 Å². The van der Waals surface area contributed by atoms with Crippen molar-refractivity contribution < 1.29 is 14.6 Å². The predicted octanol–water partition coefficient (Wildman–Crippen LogP) is 1.30. The molecule has 0 fully saturated rings. The Kier molecular flexibility index (Phi) is 3.29. The average molecular weight is 170 g/mol. The largest absolute Gasteiger partial charge is 0.481 e. The van der Waals surface area contributed by atoms with Crippen LogP contribution in [0.3, 0.4) is 0 Å². The highest BCUT2D eigenvalue weighted by molar-refractivity contribution is 5.70. The number of allylic oxidation sites excluding steroid dienone is 2. The number of rotatable bonds is 3. The smallest absolute Gasteiger partial charge is 0.307 e. The SMILES string of the molecule is COC[C@H]1CC=CC[C@H]1C(=O)O. The fraction of sp³-hybridized carbons (Fsp3) is 0.667. The lowest BCUT2D eigenvalue weighted by Crippen LogP contribution is -2.28. The van der Waals surface area contributed by atoms with E-state index in [4.69, 9.17) is 9.84 Å². The number of methoxy groups -OCH3 is 1. The molecule has 0 spiro atoms. The number of hydrogen-bond acceptors (Lipinski definition) is 2. The maximum atomic E-state index is 10.8. The Balaban J connectivity index is 2.56. The monoisotopic (exact) mass is 170 g/mol. The van der Waals surface area contributed by atoms with Crippen LogP contribution >= 0.6 is 0 Å². The van der Waals surface area contributed by atoms with Crippen LogP contribution in [0.25, 0.3) is 0 Å². The molecule has 3 nitrogen and oxygen atoms in total. The van der Waals surface area contributed by atoms with E-state index in [0.717, 1.165) is 6.42 Å². The van der Waals surface area contributed by atoms with E-state index in [1.165, 1.54) is 0 Å². The number of aliphatic carboxylic acids is 1. The molecule has 0 bridgehead atoms. The van der Waals surface area contributed by atoms with E-state index < -0.39 is 5.97 Å². The summed E-state index contributed by atoms with van der Waals surface area (Å²) < 4.78 is 4.96. The first-order valence-corrected chi connectivity index (χ1v) is 4.12. The van der Waals surface area contributed by atoms with Crippen LogP contribution in [-0.2, 0) is 9.53 Å². The Morgan fingerprint density at radius 1 is 1.58 bits per heavy atom. The summed E-state index contributed by atoms with van der Waals surface area (Å²) in [6.07, 6.45) is 5.43. The summed E-state index contributed by atoms with van der Waals surface area (Å²) >= 11 is 0. The van der Waals surface area contributed by atoms with Crippen LogP contribution in [-0.4, -0.2) is 24.8 Å². The zero-order valence-electron chi connectivity index (χ0n) is 7.19. The molecule has 0 saturated heterocycles. The lowest BCUT2D eigenvalue weighted by atomic mass is 9.84. The van der Waals surface area contributed by atoms with E-state index in [1.54, 1.807) is 7.11 Å². The normalized spacial score (nSPS) is 28.8. The van der Waals surface area contributed by atoms with Gasteiger partial charge in [-0.2, -0.15) is 0 Å². The third kappa shape index (κ3) is 2.08. The van der Waals surface area contributed by atoms with Gasteiger partial charge in [-0.05, 0) is 18.8 Å². The Morgan fingerprint density at radius 2 is 2.25 bits per heavy atom. The number of carbonyl (C=O) groups is 1. The first kappa shape index (κ1) is 9.26. The van der Waals surface area contributed by atoms with Crippen LogP contribution in [0, 0.1) is 11.8 Å². The molecule has 0 heterocycles. The van der Waals surface area contributed by atoms with Crippen LogP contribution in [0.4, 0.5) is 0 Å². The average Bonchev–Trinajstić information content (AvgIpc) is 2.05. The van der Waals surface area contributed by atoms with Gasteiger partial charge in [0.25, 0.3) is 0 Å². The minimum atomic E-state index is -0.707. The van der Waals surface area contributed by atoms with Gasteiger partial charge in [0.2, 0.25) is 0 Å². The summed E-state index contributed by atoms with van der Waals surface area (Å²) in [7, 11) is 1.61. The lowest BCUT2D eigenvalue weighted by molar-refractivity contribution is -0.144. The first-order valence-electron chi connectivity index (χ1n) is 4.12. The molecule has 12 heavy (non-hydrogen) atoms. The van der Waals surface area contributed by atoms with Gasteiger partial charge in [0.15, 0.2) is 0 Å². The molecular formula is C9H14O3. The summed E-state index contributed by atoms with van der Waals surface area (Å²) in [5.41, 5.74) is 0. The van der Waals surface area contributed by atoms with Crippen molar-refractivity contribution in [2.24, 2.45) is 11.8 Å². The van der Waals surface area contributed by atoms with E-state index in [-0.39, 0.29) is 11.8 Å². The summed E-state index contributed by atoms with van der Waals surface area (Å²) in [4.78, 5) is 10.8. The van der Waals surface area contributed by atoms with Gasteiger partial charge in [0.05, 0.1) is 12.5 Å². The summed E-state index contributed by atoms with van der Waals surface area (Å²) in [6, 6.07) is 0. The van der Waals surface area contributed by atoms with E-state index in [1.807, 2.05) is 12.2 Å². The molecule has 0 saturated carbocycles. The third-order valence-electron chi connectivity index (χ3n) is 2.26. The van der Waals surface area contributed by atoms with Crippen molar-refractivity contribution in [3.05, 3.63) is 12.2 Å². The number of carboxylic acid groups (broad SMARTS) is 1. The molecule has 1 aliphatic rings. The van der Waals surface area contributed by atoms with Crippen molar-refractivity contribution in [2.45, 2.75) is 12.8 Å². The highest BCUT2D eigenvalue weighted by atomic mass is 16.5. The van der Waals surface area contributed by atoms with Crippen molar-refractivity contribution >= 4 is 5.97 Å². The molecule has 1 rings (SSSR count). The molecule has 0 aromatic heterocycles. The summed E-state index contributed by atoms with van der Waals surface area (Å²) in [5, 5.41) is 8.85. The molecule has 0 aromatic carbocycles. The van der Waals surface area contributed by atoms with Gasteiger partial charge in [0.1, 0.15) is 0 Å². The molecule has 68 valence electrons. The topological polar surface area (TPSA) is 46.5 Å². The highest BCUT2D eigenvalue weighted by Crippen LogP contribution is 2.25. The van der Waals surface area contributed by atoms with Crippen molar-refractivity contribution in [3.8, 4) is 0 Å². The van der Waals surface area contributed by atoms with Crippen molar-refractivity contribution in [1.82, 2.24) is 0 Å². The highest BCUT2D eigenvalue weighted by Gasteiger charge is 2.28. The van der Waals surface area contributed by atoms with Gasteiger partial charge >= 0.3 is 5.97 Å². The van der Waals surface area contributed by atoms with Gasteiger partial charge in [-0.15, -0.1) is 0 Å². The Labute approximate surface area is 72.0 Å². The molecule has 1 N–H and O–H groups in total. The lowest BCUT2D eigenvalue weighted by Gasteiger charge is -2.23. The molecule has 0 radical (unpaired) electrons. The standard InChI is InChI=1S/C9H14O3/c1-12-6-7-4-2-3-5-8(7)9(10)11/h2-3,7-8H,4-6H2,1H3,(H,10,11)/t7-,8-/m1/s1. The zero-order chi connectivity index (χ0) is 8.97. The minimum absolute atomic E-state index is 0.150. The third-order valence-corrected chi connectivity index (χ3v) is 2.26. The van der Waals surface area contributed by atoms with Crippen LogP contribution < -0.4 is 0 Å². The first-order chi connectivity index (χ1) is 5.75. The molecule has 2 atom stereocenters. The maximum absolute atomic E-state index is 10.8. The van der Waals surface area contributed by atoms with Crippen molar-refractivity contribution in [2.75, 3.05) is 13.7 Å². The molecule has 0 unspecified atom stereocenters. The van der Waals surface area contributed by atoms with Crippen LogP contribution in [0.5, 0.6) is 0 Å². The van der Waals surface area contributed by atoms with E-state index in [2.05, 4.69) is 0 Å². The van der Waals surface area contributed by atoms with Crippen LogP contribution in [0.2, 0.25) is 0 Å². The number of hydrogen-bond donors (Lipinski definition) is 1. The number of carboxylic acids is 1. The summed E-state index contributed by atoms with van der Waals surface area (Å²) in [5.74, 6) is -0.811. The van der Waals surface area contributed by atoms with Gasteiger partial charge in [-0.25, -0.2) is 0 Å². The molecule has 0 amide bonds. The second-order valence-electron chi connectivity index (χ2n) is 3.10. The molecule has 0 aliphatic heterocycles. The second kappa shape index (κ2) is 4.26. The Bertz CT molecular complexity index is 186. The van der Waals surface area contributed by atoms with Gasteiger partial charge in [0, 0.05) is 7.11 Å². The predicted molar refractivity (Wildman–Crippen MR) is 44.9 cm³/mol. The Hall–Kier alpha value is -0.830. The van der Waals surface area contributed by atoms with Crippen molar-refractivity contribution in [3.63, 3.8) is 0 Å². The summed E-state index contributed by atoms with van der Waals surface area (Å²) in [6.45, 7) is 0.543. The quantitative estimate of drug-likeness (QED) is 0.649. The Morgan fingerprint density at radius 3 is 2.83 bits per heavy atom. The fourth-order valence-electron chi connectivity index (χ4n) is 1.57. The van der Waals surface area contributed by atoms with Crippen molar-refractivity contribution in [1.29, 1.82) is 0 Å².